The zero-order valence-corrected chi connectivity index (χ0v) is 18.0. The fourth-order valence-corrected chi connectivity index (χ4v) is 4.67. The van der Waals surface area contributed by atoms with E-state index < -0.39 is 17.6 Å². The number of hydrogen-bond donors (Lipinski definition) is 1. The molecule has 2 amide bonds. The third-order valence-corrected chi connectivity index (χ3v) is 6.39. The number of carbonyl (C=O) groups is 2. The second kappa shape index (κ2) is 9.28. The topological polar surface area (TPSA) is 54.3 Å². The van der Waals surface area contributed by atoms with Gasteiger partial charge in [-0.15, -0.1) is 11.8 Å². The quantitative estimate of drug-likeness (QED) is 0.525. The van der Waals surface area contributed by atoms with Gasteiger partial charge in [-0.2, -0.15) is 13.2 Å². The van der Waals surface area contributed by atoms with Gasteiger partial charge in [0.2, 0.25) is 11.8 Å². The molecule has 32 heavy (non-hydrogen) atoms. The van der Waals surface area contributed by atoms with Gasteiger partial charge in [-0.1, -0.05) is 24.3 Å². The molecule has 0 bridgehead atoms. The van der Waals surface area contributed by atoms with Crippen LogP contribution in [0, 0.1) is 0 Å². The number of hydrogen-bond acceptors (Lipinski definition) is 3. The van der Waals surface area contributed by atoms with Gasteiger partial charge in [-0.3, -0.25) is 9.59 Å². The summed E-state index contributed by atoms with van der Waals surface area (Å²) in [5.41, 5.74) is 0.193. The molecule has 2 heterocycles. The van der Waals surface area contributed by atoms with Crippen molar-refractivity contribution in [1.29, 1.82) is 0 Å². The molecule has 1 saturated heterocycles. The van der Waals surface area contributed by atoms with Crippen LogP contribution in [-0.4, -0.2) is 40.1 Å². The third kappa shape index (κ3) is 5.09. The average molecular weight is 462 g/mol. The molecule has 1 aromatic heterocycles. The highest BCUT2D eigenvalue weighted by atomic mass is 32.2. The van der Waals surface area contributed by atoms with E-state index in [1.165, 1.54) is 23.9 Å². The summed E-state index contributed by atoms with van der Waals surface area (Å²) in [5, 5.41) is 3.45. The molecule has 4 rings (SSSR count). The predicted octanol–water partition coefficient (Wildman–Crippen LogP) is 5.01. The molecule has 0 atom stereocenters. The maximum atomic E-state index is 12.9. The molecule has 1 aliphatic heterocycles. The minimum absolute atomic E-state index is 0.0321. The number of likely N-dealkylation sites (tertiary alicyclic amines) is 1. The van der Waals surface area contributed by atoms with E-state index in [1.54, 1.807) is 0 Å². The lowest BCUT2D eigenvalue weighted by Gasteiger charge is -2.15. The maximum absolute atomic E-state index is 12.9. The van der Waals surface area contributed by atoms with Gasteiger partial charge in [0.05, 0.1) is 11.3 Å². The molecule has 1 aliphatic rings. The molecule has 5 nitrogen and oxygen atoms in total. The normalized spacial score (nSPS) is 14.2. The first kappa shape index (κ1) is 22.3. The van der Waals surface area contributed by atoms with E-state index in [2.05, 4.69) is 5.32 Å². The van der Waals surface area contributed by atoms with Gasteiger partial charge in [0, 0.05) is 40.8 Å². The number of halogens is 3. The number of thioether (sulfide) groups is 1. The van der Waals surface area contributed by atoms with Gasteiger partial charge in [-0.25, -0.2) is 0 Å². The van der Waals surface area contributed by atoms with Crippen molar-refractivity contribution in [1.82, 2.24) is 9.47 Å². The Kier molecular flexibility index (Phi) is 6.45. The first-order valence-electron chi connectivity index (χ1n) is 10.3. The van der Waals surface area contributed by atoms with Crippen molar-refractivity contribution in [3.63, 3.8) is 0 Å². The molecule has 0 aliphatic carbocycles. The summed E-state index contributed by atoms with van der Waals surface area (Å²) < 4.78 is 40.5. The molecule has 1 N–H and O–H groups in total. The average Bonchev–Trinajstić information content (AvgIpc) is 3.41. The number of alkyl halides is 3. The minimum atomic E-state index is -4.47. The lowest BCUT2D eigenvalue weighted by atomic mass is 10.2. The smallest absolute Gasteiger partial charge is 0.341 e. The van der Waals surface area contributed by atoms with Gasteiger partial charge in [0.25, 0.3) is 0 Å². The standard InChI is InChI=1S/C23H22F3N3O2S/c24-23(25,26)16-6-5-7-17(12-16)27-21(30)15-32-20-13-29(19-9-2-1-8-18(19)20)14-22(31)28-10-3-4-11-28/h1-2,5-9,12-13H,3-4,10-11,14-15H2,(H,27,30). The van der Waals surface area contributed by atoms with Crippen LogP contribution in [-0.2, 0) is 22.3 Å². The summed E-state index contributed by atoms with van der Waals surface area (Å²) in [5.74, 6) is -0.300. The molecule has 0 spiro atoms. The van der Waals surface area contributed by atoms with Crippen LogP contribution in [0.15, 0.2) is 59.6 Å². The zero-order valence-electron chi connectivity index (χ0n) is 17.2. The van der Waals surface area contributed by atoms with Crippen molar-refractivity contribution in [2.24, 2.45) is 0 Å². The Hall–Kier alpha value is -2.94. The number of nitrogens with zero attached hydrogens (tertiary/aromatic N) is 2. The van der Waals surface area contributed by atoms with Crippen LogP contribution >= 0.6 is 11.8 Å². The van der Waals surface area contributed by atoms with Crippen molar-refractivity contribution in [3.05, 3.63) is 60.3 Å². The Morgan fingerprint density at radius 3 is 2.53 bits per heavy atom. The van der Waals surface area contributed by atoms with Gasteiger partial charge in [0.1, 0.15) is 6.54 Å². The Morgan fingerprint density at radius 2 is 1.78 bits per heavy atom. The summed E-state index contributed by atoms with van der Waals surface area (Å²) in [7, 11) is 0. The van der Waals surface area contributed by atoms with Crippen molar-refractivity contribution in [2.45, 2.75) is 30.5 Å². The molecule has 0 saturated carbocycles. The first-order chi connectivity index (χ1) is 15.3. The Balaban J connectivity index is 1.44. The summed E-state index contributed by atoms with van der Waals surface area (Å²) in [4.78, 5) is 27.7. The van der Waals surface area contributed by atoms with Gasteiger partial charge in [0.15, 0.2) is 0 Å². The number of nitrogens with one attached hydrogen (secondary N) is 1. The molecule has 3 aromatic rings. The van der Waals surface area contributed by atoms with Crippen LogP contribution in [0.25, 0.3) is 10.9 Å². The highest BCUT2D eigenvalue weighted by molar-refractivity contribution is 8.00. The van der Waals surface area contributed by atoms with E-state index >= 15 is 0 Å². The SMILES string of the molecule is O=C(CSc1cn(CC(=O)N2CCCC2)c2ccccc12)Nc1cccc(C(F)(F)F)c1. The fraction of sp³-hybridized carbons (Fsp3) is 0.304. The maximum Gasteiger partial charge on any atom is 0.416 e. The predicted molar refractivity (Wildman–Crippen MR) is 119 cm³/mol. The number of rotatable bonds is 6. The second-order valence-electron chi connectivity index (χ2n) is 7.64. The summed E-state index contributed by atoms with van der Waals surface area (Å²) in [6.45, 7) is 1.81. The van der Waals surface area contributed by atoms with Crippen molar-refractivity contribution in [2.75, 3.05) is 24.2 Å². The lowest BCUT2D eigenvalue weighted by molar-refractivity contribution is -0.137. The van der Waals surface area contributed by atoms with Crippen LogP contribution in [0.2, 0.25) is 0 Å². The van der Waals surface area contributed by atoms with Crippen LogP contribution in [0.4, 0.5) is 18.9 Å². The third-order valence-electron chi connectivity index (χ3n) is 5.35. The Morgan fingerprint density at radius 1 is 1.03 bits per heavy atom. The van der Waals surface area contributed by atoms with Crippen LogP contribution in [0.1, 0.15) is 18.4 Å². The highest BCUT2D eigenvalue weighted by Crippen LogP contribution is 2.32. The molecular formula is C23H22F3N3O2S. The van der Waals surface area contributed by atoms with E-state index in [-0.39, 0.29) is 23.9 Å². The van der Waals surface area contributed by atoms with Crippen molar-refractivity contribution < 1.29 is 22.8 Å². The monoisotopic (exact) mass is 461 g/mol. The fourth-order valence-electron chi connectivity index (χ4n) is 3.78. The van der Waals surface area contributed by atoms with Crippen LogP contribution in [0.5, 0.6) is 0 Å². The number of anilines is 1. The van der Waals surface area contributed by atoms with Crippen LogP contribution in [0.3, 0.4) is 0 Å². The van der Waals surface area contributed by atoms with Gasteiger partial charge < -0.3 is 14.8 Å². The molecule has 1 fully saturated rings. The van der Waals surface area contributed by atoms with E-state index in [0.29, 0.717) is 0 Å². The first-order valence-corrected chi connectivity index (χ1v) is 11.3. The second-order valence-corrected chi connectivity index (χ2v) is 8.66. The number of carbonyl (C=O) groups excluding carboxylic acids is 2. The number of benzene rings is 2. The number of para-hydroxylation sites is 1. The van der Waals surface area contributed by atoms with E-state index in [9.17, 15) is 22.8 Å². The van der Waals surface area contributed by atoms with E-state index in [1.807, 2.05) is 39.9 Å². The minimum Gasteiger partial charge on any atom is -0.341 e. The lowest BCUT2D eigenvalue weighted by Crippen LogP contribution is -2.30. The van der Waals surface area contributed by atoms with Crippen LogP contribution < -0.4 is 5.32 Å². The van der Waals surface area contributed by atoms with E-state index in [4.69, 9.17) is 0 Å². The van der Waals surface area contributed by atoms with Gasteiger partial charge in [-0.05, 0) is 37.1 Å². The Labute approximate surface area is 187 Å². The molecule has 168 valence electrons. The number of fused-ring (bicyclic) bond motifs is 1. The molecule has 0 radical (unpaired) electrons. The number of amides is 2. The zero-order chi connectivity index (χ0) is 22.7. The number of aromatic nitrogens is 1. The highest BCUT2D eigenvalue weighted by Gasteiger charge is 2.30. The molecule has 2 aromatic carbocycles. The summed E-state index contributed by atoms with van der Waals surface area (Å²) in [6.07, 6.45) is -0.550. The molecule has 9 heteroatoms. The molecule has 0 unspecified atom stereocenters. The largest absolute Gasteiger partial charge is 0.416 e. The van der Waals surface area contributed by atoms with Gasteiger partial charge >= 0.3 is 6.18 Å². The molecular weight excluding hydrogens is 439 g/mol. The summed E-state index contributed by atoms with van der Waals surface area (Å²) in [6, 6.07) is 12.2. The van der Waals surface area contributed by atoms with E-state index in [0.717, 1.165) is 53.9 Å². The van der Waals surface area contributed by atoms with Crippen molar-refractivity contribution in [3.8, 4) is 0 Å². The van der Waals surface area contributed by atoms with Crippen molar-refractivity contribution >= 4 is 40.2 Å². The Bertz CT molecular complexity index is 1140. The summed E-state index contributed by atoms with van der Waals surface area (Å²) >= 11 is 1.29.